The normalized spacial score (nSPS) is 12.0. The zero-order valence-electron chi connectivity index (χ0n) is 12.7. The molecule has 0 atom stereocenters. The van der Waals surface area contributed by atoms with E-state index in [9.17, 15) is 0 Å². The molecular weight excluding hydrogens is 252 g/mol. The number of aryl methyl sites for hydroxylation is 1. The van der Waals surface area contributed by atoms with Crippen molar-refractivity contribution >= 4 is 24.6 Å². The molecule has 0 unspecified atom stereocenters. The highest BCUT2D eigenvalue weighted by atomic mass is 32.1. The Hall–Kier alpha value is -0.0831. The molecule has 18 heavy (non-hydrogen) atoms. The number of thiophene rings is 1. The summed E-state index contributed by atoms with van der Waals surface area (Å²) >= 11 is 1.90. The standard InChI is InChI=1S/C16H30SSi/c1-5-6-7-8-9-10-11-12-15-13-17-14-16(15)18(2,3)4/h13-14H,5-12H2,1-4H3. The fraction of sp³-hybridized carbons (Fsp3) is 0.750. The van der Waals surface area contributed by atoms with Crippen LogP contribution in [-0.4, -0.2) is 8.07 Å². The van der Waals surface area contributed by atoms with Crippen molar-refractivity contribution in [1.29, 1.82) is 0 Å². The molecular formula is C16H30SSi. The van der Waals surface area contributed by atoms with Crippen LogP contribution in [0, 0.1) is 0 Å². The highest BCUT2D eigenvalue weighted by Crippen LogP contribution is 2.15. The van der Waals surface area contributed by atoms with Crippen molar-refractivity contribution in [1.82, 2.24) is 0 Å². The van der Waals surface area contributed by atoms with Gasteiger partial charge in [-0.25, -0.2) is 0 Å². The van der Waals surface area contributed by atoms with E-state index in [1.165, 1.54) is 51.4 Å². The molecule has 0 saturated carbocycles. The minimum atomic E-state index is -1.10. The summed E-state index contributed by atoms with van der Waals surface area (Å²) in [6, 6.07) is 0. The Balaban J connectivity index is 2.22. The van der Waals surface area contributed by atoms with E-state index in [4.69, 9.17) is 0 Å². The van der Waals surface area contributed by atoms with Crippen molar-refractivity contribution < 1.29 is 0 Å². The van der Waals surface area contributed by atoms with Gasteiger partial charge in [0.05, 0.1) is 8.07 Å². The van der Waals surface area contributed by atoms with Crippen molar-refractivity contribution in [3.63, 3.8) is 0 Å². The van der Waals surface area contributed by atoms with E-state index in [-0.39, 0.29) is 0 Å². The third-order valence-corrected chi connectivity index (χ3v) is 6.68. The summed E-state index contributed by atoms with van der Waals surface area (Å²) in [5, 5.41) is 6.51. The quantitative estimate of drug-likeness (QED) is 0.409. The van der Waals surface area contributed by atoms with Crippen LogP contribution in [0.2, 0.25) is 19.6 Å². The van der Waals surface area contributed by atoms with Gasteiger partial charge in [-0.15, -0.1) is 0 Å². The molecule has 0 fully saturated rings. The van der Waals surface area contributed by atoms with Gasteiger partial charge in [-0.2, -0.15) is 11.3 Å². The Morgan fingerprint density at radius 2 is 1.50 bits per heavy atom. The molecule has 0 aliphatic carbocycles. The molecule has 1 aromatic rings. The Morgan fingerprint density at radius 1 is 0.889 bits per heavy atom. The number of hydrogen-bond acceptors (Lipinski definition) is 1. The van der Waals surface area contributed by atoms with Gasteiger partial charge in [-0.05, 0) is 34.4 Å². The molecule has 0 aromatic carbocycles. The molecule has 2 heteroatoms. The van der Waals surface area contributed by atoms with Crippen molar-refractivity contribution in [2.24, 2.45) is 0 Å². The third-order valence-electron chi connectivity index (χ3n) is 3.60. The predicted molar refractivity (Wildman–Crippen MR) is 89.0 cm³/mol. The number of unbranched alkanes of at least 4 members (excludes halogenated alkanes) is 6. The minimum absolute atomic E-state index is 1.10. The van der Waals surface area contributed by atoms with E-state index in [0.29, 0.717) is 0 Å². The van der Waals surface area contributed by atoms with Crippen LogP contribution in [0.4, 0.5) is 0 Å². The van der Waals surface area contributed by atoms with Crippen LogP contribution in [0.3, 0.4) is 0 Å². The molecule has 0 aliphatic rings. The van der Waals surface area contributed by atoms with Gasteiger partial charge in [0, 0.05) is 0 Å². The summed E-state index contributed by atoms with van der Waals surface area (Å²) < 4.78 is 0. The van der Waals surface area contributed by atoms with Gasteiger partial charge < -0.3 is 0 Å². The second kappa shape index (κ2) is 8.16. The van der Waals surface area contributed by atoms with Crippen molar-refractivity contribution in [2.75, 3.05) is 0 Å². The van der Waals surface area contributed by atoms with E-state index >= 15 is 0 Å². The summed E-state index contributed by atoms with van der Waals surface area (Å²) in [5.41, 5.74) is 1.66. The molecule has 0 saturated heterocycles. The van der Waals surface area contributed by atoms with E-state index in [1.54, 1.807) is 10.8 Å². The van der Waals surface area contributed by atoms with Gasteiger partial charge in [0.2, 0.25) is 0 Å². The molecule has 0 amide bonds. The van der Waals surface area contributed by atoms with Crippen LogP contribution >= 0.6 is 11.3 Å². The summed E-state index contributed by atoms with van der Waals surface area (Å²) in [4.78, 5) is 0. The highest BCUT2D eigenvalue weighted by Gasteiger charge is 2.20. The maximum absolute atomic E-state index is 2.46. The van der Waals surface area contributed by atoms with Gasteiger partial charge in [0.1, 0.15) is 0 Å². The summed E-state index contributed by atoms with van der Waals surface area (Å²) in [7, 11) is -1.10. The van der Waals surface area contributed by atoms with Crippen LogP contribution in [0.1, 0.15) is 57.4 Å². The summed E-state index contributed by atoms with van der Waals surface area (Å²) in [6.07, 6.45) is 11.2. The Kier molecular flexibility index (Phi) is 7.24. The Morgan fingerprint density at radius 3 is 2.11 bits per heavy atom. The highest BCUT2D eigenvalue weighted by molar-refractivity contribution is 7.10. The average Bonchev–Trinajstić information content (AvgIpc) is 2.76. The van der Waals surface area contributed by atoms with Crippen molar-refractivity contribution in [3.05, 3.63) is 16.3 Å². The second-order valence-corrected chi connectivity index (χ2v) is 12.2. The molecule has 1 rings (SSSR count). The topological polar surface area (TPSA) is 0 Å². The Labute approximate surface area is 119 Å². The molecule has 0 N–H and O–H groups in total. The maximum Gasteiger partial charge on any atom is 0.0790 e. The lowest BCUT2D eigenvalue weighted by atomic mass is 10.1. The molecule has 0 spiro atoms. The van der Waals surface area contributed by atoms with Crippen LogP contribution in [0.5, 0.6) is 0 Å². The molecule has 1 aromatic heterocycles. The summed E-state index contributed by atoms with van der Waals surface area (Å²) in [6.45, 7) is 9.67. The first kappa shape index (κ1) is 16.0. The van der Waals surface area contributed by atoms with Gasteiger partial charge in [-0.1, -0.05) is 65.1 Å². The fourth-order valence-electron chi connectivity index (χ4n) is 2.45. The zero-order chi connectivity index (χ0) is 13.4. The largest absolute Gasteiger partial charge is 0.152 e. The van der Waals surface area contributed by atoms with Gasteiger partial charge >= 0.3 is 0 Å². The lowest BCUT2D eigenvalue weighted by Gasteiger charge is -2.17. The van der Waals surface area contributed by atoms with E-state index in [1.807, 2.05) is 11.3 Å². The van der Waals surface area contributed by atoms with E-state index < -0.39 is 8.07 Å². The van der Waals surface area contributed by atoms with Crippen molar-refractivity contribution in [3.8, 4) is 0 Å². The first-order valence-electron chi connectivity index (χ1n) is 7.61. The monoisotopic (exact) mass is 282 g/mol. The first-order chi connectivity index (χ1) is 8.55. The van der Waals surface area contributed by atoms with Crippen LogP contribution in [-0.2, 0) is 6.42 Å². The smallest absolute Gasteiger partial charge is 0.0790 e. The lowest BCUT2D eigenvalue weighted by molar-refractivity contribution is 0.590. The molecule has 104 valence electrons. The fourth-order valence-corrected chi connectivity index (χ4v) is 6.10. The number of hydrogen-bond donors (Lipinski definition) is 0. The minimum Gasteiger partial charge on any atom is -0.152 e. The second-order valence-electron chi connectivity index (χ2n) is 6.43. The SMILES string of the molecule is CCCCCCCCCc1cscc1[Si](C)(C)C. The lowest BCUT2D eigenvalue weighted by Crippen LogP contribution is -2.38. The van der Waals surface area contributed by atoms with Crippen LogP contribution < -0.4 is 5.19 Å². The van der Waals surface area contributed by atoms with Crippen LogP contribution in [0.25, 0.3) is 0 Å². The molecule has 0 nitrogen and oxygen atoms in total. The van der Waals surface area contributed by atoms with Gasteiger partial charge in [-0.3, -0.25) is 0 Å². The molecule has 0 bridgehead atoms. The third kappa shape index (κ3) is 5.70. The number of rotatable bonds is 9. The first-order valence-corrected chi connectivity index (χ1v) is 12.1. The Bertz CT molecular complexity index is 322. The van der Waals surface area contributed by atoms with E-state index in [0.717, 1.165) is 0 Å². The molecule has 0 aliphatic heterocycles. The molecule has 0 radical (unpaired) electrons. The zero-order valence-corrected chi connectivity index (χ0v) is 14.5. The average molecular weight is 283 g/mol. The van der Waals surface area contributed by atoms with Crippen molar-refractivity contribution in [2.45, 2.75) is 77.9 Å². The summed E-state index contributed by atoms with van der Waals surface area (Å²) in [5.74, 6) is 0. The maximum atomic E-state index is 2.46. The van der Waals surface area contributed by atoms with Gasteiger partial charge in [0.15, 0.2) is 0 Å². The van der Waals surface area contributed by atoms with Crippen LogP contribution in [0.15, 0.2) is 10.8 Å². The molecule has 1 heterocycles. The van der Waals surface area contributed by atoms with Gasteiger partial charge in [0.25, 0.3) is 0 Å². The van der Waals surface area contributed by atoms with E-state index in [2.05, 4.69) is 37.3 Å². The predicted octanol–water partition coefficient (Wildman–Crippen LogP) is 5.59.